The highest BCUT2D eigenvalue weighted by molar-refractivity contribution is 5.92. The molecule has 1 aliphatic heterocycles. The van der Waals surface area contributed by atoms with Crippen molar-refractivity contribution >= 4 is 23.0 Å². The van der Waals surface area contributed by atoms with Crippen molar-refractivity contribution in [1.82, 2.24) is 10.3 Å². The molecule has 0 spiro atoms. The molecule has 148 valence electrons. The predicted molar refractivity (Wildman–Crippen MR) is 111 cm³/mol. The van der Waals surface area contributed by atoms with Gasteiger partial charge in [-0.1, -0.05) is 31.4 Å². The second-order valence-electron chi connectivity index (χ2n) is 7.48. The summed E-state index contributed by atoms with van der Waals surface area (Å²) in [5.41, 5.74) is 3.53. The lowest BCUT2D eigenvalue weighted by atomic mass is 9.95. The number of nitrogens with zero attached hydrogens (tertiary/aromatic N) is 2. The predicted octanol–water partition coefficient (Wildman–Crippen LogP) is 3.72. The number of aromatic nitrogens is 1. The van der Waals surface area contributed by atoms with E-state index in [0.29, 0.717) is 11.7 Å². The van der Waals surface area contributed by atoms with Crippen LogP contribution in [0.5, 0.6) is 0 Å². The SMILES string of the molecule is O=C(NC1CCCCC1)c1ccc(Nc2ccccc2N2CCOCC2)cn1. The summed E-state index contributed by atoms with van der Waals surface area (Å²) in [5.74, 6) is -0.0767. The van der Waals surface area contributed by atoms with Gasteiger partial charge in [0.1, 0.15) is 5.69 Å². The van der Waals surface area contributed by atoms with Crippen LogP contribution < -0.4 is 15.5 Å². The first kappa shape index (κ1) is 18.7. The number of rotatable bonds is 5. The van der Waals surface area contributed by atoms with E-state index in [0.717, 1.165) is 56.2 Å². The van der Waals surface area contributed by atoms with Crippen LogP contribution in [0.4, 0.5) is 17.1 Å². The van der Waals surface area contributed by atoms with E-state index >= 15 is 0 Å². The van der Waals surface area contributed by atoms with Crippen molar-refractivity contribution in [2.75, 3.05) is 36.5 Å². The smallest absolute Gasteiger partial charge is 0.270 e. The molecule has 2 fully saturated rings. The third-order valence-electron chi connectivity index (χ3n) is 5.47. The highest BCUT2D eigenvalue weighted by Gasteiger charge is 2.18. The zero-order valence-corrected chi connectivity index (χ0v) is 16.2. The number of anilines is 3. The minimum absolute atomic E-state index is 0.0767. The molecule has 0 radical (unpaired) electrons. The van der Waals surface area contributed by atoms with Gasteiger partial charge in [-0.2, -0.15) is 0 Å². The molecule has 2 aromatic rings. The fourth-order valence-electron chi connectivity index (χ4n) is 3.92. The summed E-state index contributed by atoms with van der Waals surface area (Å²) in [5, 5.41) is 6.56. The molecule has 1 amide bonds. The van der Waals surface area contributed by atoms with Gasteiger partial charge in [-0.25, -0.2) is 4.98 Å². The lowest BCUT2D eigenvalue weighted by Crippen LogP contribution is -2.36. The Bertz CT molecular complexity index is 781. The molecule has 2 heterocycles. The molecular formula is C22H28N4O2. The number of carbonyl (C=O) groups excluding carboxylic acids is 1. The fourth-order valence-corrected chi connectivity index (χ4v) is 3.92. The maximum absolute atomic E-state index is 12.4. The van der Waals surface area contributed by atoms with Crippen molar-refractivity contribution < 1.29 is 9.53 Å². The number of amides is 1. The minimum Gasteiger partial charge on any atom is -0.378 e. The van der Waals surface area contributed by atoms with Gasteiger partial charge >= 0.3 is 0 Å². The standard InChI is InChI=1S/C22H28N4O2/c27-22(25-17-6-2-1-3-7-17)20-11-10-18(16-23-20)24-19-8-4-5-9-21(19)26-12-14-28-15-13-26/h4-5,8-11,16-17,24H,1-3,6-7,12-15H2,(H,25,27). The molecule has 1 aromatic heterocycles. The van der Waals surface area contributed by atoms with Crippen LogP contribution in [0, 0.1) is 0 Å². The number of benzene rings is 1. The van der Waals surface area contributed by atoms with E-state index in [1.807, 2.05) is 18.2 Å². The summed E-state index contributed by atoms with van der Waals surface area (Å²) in [4.78, 5) is 19.1. The number of nitrogens with one attached hydrogen (secondary N) is 2. The molecule has 2 aliphatic rings. The average Bonchev–Trinajstić information content (AvgIpc) is 2.76. The number of hydrogen-bond acceptors (Lipinski definition) is 5. The molecular weight excluding hydrogens is 352 g/mol. The first-order chi connectivity index (χ1) is 13.8. The number of hydrogen-bond donors (Lipinski definition) is 2. The number of para-hydroxylation sites is 2. The molecule has 0 atom stereocenters. The molecule has 1 aliphatic carbocycles. The molecule has 1 saturated heterocycles. The molecule has 6 heteroatoms. The van der Waals surface area contributed by atoms with Gasteiger partial charge in [0, 0.05) is 19.1 Å². The largest absolute Gasteiger partial charge is 0.378 e. The summed E-state index contributed by atoms with van der Waals surface area (Å²) in [6.45, 7) is 3.27. The van der Waals surface area contributed by atoms with Gasteiger partial charge in [0.05, 0.1) is 36.5 Å². The summed E-state index contributed by atoms with van der Waals surface area (Å²) in [6, 6.07) is 12.2. The van der Waals surface area contributed by atoms with E-state index in [-0.39, 0.29) is 5.91 Å². The topological polar surface area (TPSA) is 66.5 Å². The van der Waals surface area contributed by atoms with E-state index < -0.39 is 0 Å². The van der Waals surface area contributed by atoms with Crippen molar-refractivity contribution in [3.8, 4) is 0 Å². The van der Waals surface area contributed by atoms with E-state index in [9.17, 15) is 4.79 Å². The molecule has 1 saturated carbocycles. The lowest BCUT2D eigenvalue weighted by molar-refractivity contribution is 0.0922. The zero-order valence-electron chi connectivity index (χ0n) is 16.2. The van der Waals surface area contributed by atoms with Gasteiger partial charge < -0.3 is 20.3 Å². The van der Waals surface area contributed by atoms with Gasteiger partial charge in [0.15, 0.2) is 0 Å². The third-order valence-corrected chi connectivity index (χ3v) is 5.47. The van der Waals surface area contributed by atoms with Gasteiger partial charge in [0.2, 0.25) is 0 Å². The number of carbonyl (C=O) groups is 1. The molecule has 0 bridgehead atoms. The Balaban J connectivity index is 1.41. The summed E-state index contributed by atoms with van der Waals surface area (Å²) >= 11 is 0. The van der Waals surface area contributed by atoms with Crippen LogP contribution in [-0.4, -0.2) is 43.2 Å². The monoisotopic (exact) mass is 380 g/mol. The quantitative estimate of drug-likeness (QED) is 0.827. The first-order valence-corrected chi connectivity index (χ1v) is 10.3. The Morgan fingerprint density at radius 2 is 1.82 bits per heavy atom. The Kier molecular flexibility index (Phi) is 6.07. The zero-order chi connectivity index (χ0) is 19.2. The highest BCUT2D eigenvalue weighted by Crippen LogP contribution is 2.29. The number of pyridine rings is 1. The summed E-state index contributed by atoms with van der Waals surface area (Å²) in [7, 11) is 0. The molecule has 28 heavy (non-hydrogen) atoms. The fraction of sp³-hybridized carbons (Fsp3) is 0.455. The summed E-state index contributed by atoms with van der Waals surface area (Å²) < 4.78 is 5.46. The van der Waals surface area contributed by atoms with Gasteiger partial charge in [-0.15, -0.1) is 0 Å². The average molecular weight is 380 g/mol. The maximum Gasteiger partial charge on any atom is 0.270 e. The third kappa shape index (κ3) is 4.62. The van der Waals surface area contributed by atoms with Gasteiger partial charge in [-0.05, 0) is 37.1 Å². The normalized spacial score (nSPS) is 17.9. The minimum atomic E-state index is -0.0767. The van der Waals surface area contributed by atoms with Crippen LogP contribution in [-0.2, 0) is 4.74 Å². The Labute approximate surface area is 166 Å². The van der Waals surface area contributed by atoms with E-state index in [4.69, 9.17) is 4.74 Å². The number of morpholine rings is 1. The highest BCUT2D eigenvalue weighted by atomic mass is 16.5. The molecule has 6 nitrogen and oxygen atoms in total. The second-order valence-corrected chi connectivity index (χ2v) is 7.48. The van der Waals surface area contributed by atoms with Crippen LogP contribution in [0.3, 0.4) is 0 Å². The van der Waals surface area contributed by atoms with E-state index in [1.165, 1.54) is 19.3 Å². The van der Waals surface area contributed by atoms with Crippen molar-refractivity contribution in [1.29, 1.82) is 0 Å². The lowest BCUT2D eigenvalue weighted by Gasteiger charge is -2.30. The van der Waals surface area contributed by atoms with E-state index in [2.05, 4.69) is 32.7 Å². The molecule has 4 rings (SSSR count). The Morgan fingerprint density at radius 3 is 2.57 bits per heavy atom. The Morgan fingerprint density at radius 1 is 1.04 bits per heavy atom. The van der Waals surface area contributed by atoms with E-state index in [1.54, 1.807) is 12.3 Å². The summed E-state index contributed by atoms with van der Waals surface area (Å²) in [6.07, 6.45) is 7.55. The Hall–Kier alpha value is -2.60. The molecule has 1 aromatic carbocycles. The van der Waals surface area contributed by atoms with Gasteiger partial charge in [-0.3, -0.25) is 4.79 Å². The first-order valence-electron chi connectivity index (χ1n) is 10.3. The number of ether oxygens (including phenoxy) is 1. The second kappa shape index (κ2) is 9.06. The van der Waals surface area contributed by atoms with Crippen LogP contribution in [0.2, 0.25) is 0 Å². The van der Waals surface area contributed by atoms with Crippen LogP contribution >= 0.6 is 0 Å². The van der Waals surface area contributed by atoms with Crippen LogP contribution in [0.1, 0.15) is 42.6 Å². The van der Waals surface area contributed by atoms with Crippen molar-refractivity contribution in [3.63, 3.8) is 0 Å². The maximum atomic E-state index is 12.4. The van der Waals surface area contributed by atoms with Crippen LogP contribution in [0.15, 0.2) is 42.6 Å². The van der Waals surface area contributed by atoms with Crippen LogP contribution in [0.25, 0.3) is 0 Å². The van der Waals surface area contributed by atoms with Crippen molar-refractivity contribution in [3.05, 3.63) is 48.3 Å². The van der Waals surface area contributed by atoms with Gasteiger partial charge in [0.25, 0.3) is 5.91 Å². The van der Waals surface area contributed by atoms with Crippen molar-refractivity contribution in [2.45, 2.75) is 38.1 Å². The molecule has 0 unspecified atom stereocenters. The van der Waals surface area contributed by atoms with Crippen molar-refractivity contribution in [2.24, 2.45) is 0 Å². The molecule has 2 N–H and O–H groups in total.